The number of aromatic nitrogens is 3. The molecule has 0 bridgehead atoms. The van der Waals surface area contributed by atoms with Crippen molar-refractivity contribution in [2.45, 2.75) is 16.5 Å². The van der Waals surface area contributed by atoms with Crippen molar-refractivity contribution in [2.24, 2.45) is 5.73 Å². The van der Waals surface area contributed by atoms with Crippen molar-refractivity contribution >= 4 is 23.4 Å². The van der Waals surface area contributed by atoms with Gasteiger partial charge in [0.05, 0.1) is 5.82 Å². The van der Waals surface area contributed by atoms with E-state index in [2.05, 4.69) is 26.8 Å². The molecule has 28 heavy (non-hydrogen) atoms. The average molecular weight is 392 g/mol. The quantitative estimate of drug-likeness (QED) is 0.624. The molecule has 4 rings (SSSR count). The van der Waals surface area contributed by atoms with Gasteiger partial charge in [-0.25, -0.2) is 9.97 Å². The Hall–Kier alpha value is -3.26. The molecule has 0 atom stereocenters. The largest absolute Gasteiger partial charge is 0.386 e. The number of hydrogen-bond acceptors (Lipinski definition) is 7. The first-order valence-corrected chi connectivity index (χ1v) is 9.71. The Morgan fingerprint density at radius 3 is 2.57 bits per heavy atom. The van der Waals surface area contributed by atoms with E-state index in [1.807, 2.05) is 36.4 Å². The summed E-state index contributed by atoms with van der Waals surface area (Å²) < 4.78 is 1.60. The molecule has 0 unspecified atom stereocenters. The standard InChI is InChI=1S/C20H20N6OS/c1-14(21)22-17-13-18(25-10-4-11-25)24-20(23-17)28-16-8-6-15(7-9-16)26-12-3-2-5-19(26)27/h2-3,5-9,12-13H,1,4,10-11,21H2,(H,22,23,24). The lowest BCUT2D eigenvalue weighted by molar-refractivity contribution is 0.605. The van der Waals surface area contributed by atoms with Gasteiger partial charge in [-0.2, -0.15) is 0 Å². The molecule has 2 aromatic heterocycles. The summed E-state index contributed by atoms with van der Waals surface area (Å²) in [5, 5.41) is 3.59. The molecule has 1 saturated heterocycles. The van der Waals surface area contributed by atoms with Crippen LogP contribution in [0.4, 0.5) is 11.6 Å². The van der Waals surface area contributed by atoms with Crippen molar-refractivity contribution in [3.05, 3.63) is 77.5 Å². The number of rotatable bonds is 6. The van der Waals surface area contributed by atoms with E-state index in [9.17, 15) is 4.79 Å². The zero-order valence-electron chi connectivity index (χ0n) is 15.2. The fourth-order valence-electron chi connectivity index (χ4n) is 2.82. The van der Waals surface area contributed by atoms with Crippen LogP contribution in [-0.2, 0) is 0 Å². The zero-order chi connectivity index (χ0) is 19.5. The van der Waals surface area contributed by atoms with Crippen LogP contribution in [0, 0.1) is 0 Å². The van der Waals surface area contributed by atoms with Gasteiger partial charge in [0.2, 0.25) is 0 Å². The third-order valence-corrected chi connectivity index (χ3v) is 5.18. The molecule has 1 fully saturated rings. The molecule has 0 aliphatic carbocycles. The Labute approximate surface area is 166 Å². The highest BCUT2D eigenvalue weighted by Crippen LogP contribution is 2.30. The molecule has 142 valence electrons. The van der Waals surface area contributed by atoms with Crippen molar-refractivity contribution < 1.29 is 0 Å². The molecule has 3 heterocycles. The summed E-state index contributed by atoms with van der Waals surface area (Å²) in [5.41, 5.74) is 6.42. The van der Waals surface area contributed by atoms with Gasteiger partial charge in [-0.15, -0.1) is 0 Å². The molecule has 3 N–H and O–H groups in total. The predicted molar refractivity (Wildman–Crippen MR) is 112 cm³/mol. The van der Waals surface area contributed by atoms with Crippen molar-refractivity contribution in [3.63, 3.8) is 0 Å². The monoisotopic (exact) mass is 392 g/mol. The minimum Gasteiger partial charge on any atom is -0.386 e. The van der Waals surface area contributed by atoms with E-state index in [1.165, 1.54) is 24.2 Å². The molecule has 1 aromatic carbocycles. The molecular formula is C20H20N6OS. The van der Waals surface area contributed by atoms with Crippen LogP contribution in [-0.4, -0.2) is 27.6 Å². The van der Waals surface area contributed by atoms with Crippen molar-refractivity contribution in [3.8, 4) is 5.69 Å². The van der Waals surface area contributed by atoms with E-state index in [0.29, 0.717) is 16.8 Å². The van der Waals surface area contributed by atoms with E-state index < -0.39 is 0 Å². The van der Waals surface area contributed by atoms with E-state index in [4.69, 9.17) is 5.73 Å². The van der Waals surface area contributed by atoms with E-state index in [0.717, 1.165) is 29.5 Å². The Morgan fingerprint density at radius 2 is 1.93 bits per heavy atom. The maximum absolute atomic E-state index is 12.0. The highest BCUT2D eigenvalue weighted by atomic mass is 32.2. The van der Waals surface area contributed by atoms with Gasteiger partial charge in [-0.1, -0.05) is 12.6 Å². The summed E-state index contributed by atoms with van der Waals surface area (Å²) in [6.07, 6.45) is 2.92. The SMILES string of the molecule is C=C(N)Nc1cc(N2CCC2)nc(Sc2ccc(-n3ccccc3=O)cc2)n1. The first kappa shape index (κ1) is 18.1. The summed E-state index contributed by atoms with van der Waals surface area (Å²) >= 11 is 1.46. The third kappa shape index (κ3) is 4.01. The fraction of sp³-hybridized carbons (Fsp3) is 0.150. The number of anilines is 2. The van der Waals surface area contributed by atoms with Crippen LogP contribution in [0.25, 0.3) is 5.69 Å². The number of nitrogens with two attached hydrogens (primary N) is 1. The molecule has 1 aliphatic rings. The first-order chi connectivity index (χ1) is 13.6. The second-order valence-corrected chi connectivity index (χ2v) is 7.43. The molecule has 7 nitrogen and oxygen atoms in total. The maximum atomic E-state index is 12.0. The predicted octanol–water partition coefficient (Wildman–Crippen LogP) is 2.83. The van der Waals surface area contributed by atoms with Gasteiger partial charge >= 0.3 is 0 Å². The Morgan fingerprint density at radius 1 is 1.14 bits per heavy atom. The van der Waals surface area contributed by atoms with Crippen LogP contribution in [0.2, 0.25) is 0 Å². The summed E-state index contributed by atoms with van der Waals surface area (Å²) in [4.78, 5) is 24.3. The van der Waals surface area contributed by atoms with Gasteiger partial charge in [-0.3, -0.25) is 9.36 Å². The number of hydrogen-bond donors (Lipinski definition) is 2. The van der Waals surface area contributed by atoms with Crippen molar-refractivity contribution in [1.82, 2.24) is 14.5 Å². The molecule has 3 aromatic rings. The number of pyridine rings is 1. The topological polar surface area (TPSA) is 89.1 Å². The highest BCUT2D eigenvalue weighted by Gasteiger charge is 2.18. The maximum Gasteiger partial charge on any atom is 0.255 e. The molecular weight excluding hydrogens is 372 g/mol. The molecule has 8 heteroatoms. The smallest absolute Gasteiger partial charge is 0.255 e. The lowest BCUT2D eigenvalue weighted by Crippen LogP contribution is -2.37. The number of benzene rings is 1. The van der Waals surface area contributed by atoms with Crippen LogP contribution in [0.5, 0.6) is 0 Å². The fourth-order valence-corrected chi connectivity index (χ4v) is 3.58. The van der Waals surface area contributed by atoms with Gasteiger partial charge < -0.3 is 16.0 Å². The highest BCUT2D eigenvalue weighted by molar-refractivity contribution is 7.99. The van der Waals surface area contributed by atoms with E-state index >= 15 is 0 Å². The summed E-state index contributed by atoms with van der Waals surface area (Å²) in [6, 6.07) is 14.7. The molecule has 0 spiro atoms. The first-order valence-electron chi connectivity index (χ1n) is 8.90. The van der Waals surface area contributed by atoms with Gasteiger partial charge in [0.25, 0.3) is 5.56 Å². The van der Waals surface area contributed by atoms with E-state index in [1.54, 1.807) is 16.8 Å². The molecule has 0 radical (unpaired) electrons. The van der Waals surface area contributed by atoms with Gasteiger partial charge in [0.1, 0.15) is 11.6 Å². The van der Waals surface area contributed by atoms with Crippen LogP contribution >= 0.6 is 11.8 Å². The second kappa shape index (κ2) is 7.77. The number of nitrogens with zero attached hydrogens (tertiary/aromatic N) is 4. The van der Waals surface area contributed by atoms with Gasteiger partial charge in [0, 0.05) is 42.0 Å². The minimum absolute atomic E-state index is 0.0637. The Balaban J connectivity index is 1.58. The summed E-state index contributed by atoms with van der Waals surface area (Å²) in [5.74, 6) is 1.83. The third-order valence-electron chi connectivity index (χ3n) is 4.31. The van der Waals surface area contributed by atoms with Crippen LogP contribution in [0.3, 0.4) is 0 Å². The summed E-state index contributed by atoms with van der Waals surface area (Å²) in [6.45, 7) is 5.66. The van der Waals surface area contributed by atoms with Crippen LogP contribution in [0.15, 0.2) is 82.0 Å². The molecule has 1 aliphatic heterocycles. The van der Waals surface area contributed by atoms with E-state index in [-0.39, 0.29) is 5.56 Å². The normalized spacial score (nSPS) is 13.1. The zero-order valence-corrected chi connectivity index (χ0v) is 16.0. The number of nitrogens with one attached hydrogen (secondary N) is 1. The van der Waals surface area contributed by atoms with Crippen molar-refractivity contribution in [1.29, 1.82) is 0 Å². The summed E-state index contributed by atoms with van der Waals surface area (Å²) in [7, 11) is 0. The molecule has 0 amide bonds. The van der Waals surface area contributed by atoms with Crippen LogP contribution < -0.4 is 21.5 Å². The lowest BCUT2D eigenvalue weighted by Gasteiger charge is -2.32. The second-order valence-electron chi connectivity index (χ2n) is 6.39. The minimum atomic E-state index is -0.0637. The van der Waals surface area contributed by atoms with Gasteiger partial charge in [0.15, 0.2) is 5.16 Å². The lowest BCUT2D eigenvalue weighted by atomic mass is 10.2. The average Bonchev–Trinajstić information content (AvgIpc) is 2.61. The molecule has 0 saturated carbocycles. The van der Waals surface area contributed by atoms with Crippen LogP contribution in [0.1, 0.15) is 6.42 Å². The Kier molecular flexibility index (Phi) is 5.03. The van der Waals surface area contributed by atoms with Crippen molar-refractivity contribution in [2.75, 3.05) is 23.3 Å². The Bertz CT molecular complexity index is 1060. The van der Waals surface area contributed by atoms with Gasteiger partial charge in [-0.05, 0) is 48.5 Å².